The average Bonchev–Trinajstić information content (AvgIpc) is 3.29. The van der Waals surface area contributed by atoms with Gasteiger partial charge in [0.25, 0.3) is 11.1 Å². The monoisotopic (exact) mass is 446 g/mol. The van der Waals surface area contributed by atoms with E-state index in [1.54, 1.807) is 25.1 Å². The number of imide groups is 1. The number of fused-ring (bicyclic) bond motifs is 1. The Labute approximate surface area is 190 Å². The van der Waals surface area contributed by atoms with E-state index in [9.17, 15) is 14.4 Å². The van der Waals surface area contributed by atoms with Gasteiger partial charge in [-0.2, -0.15) is 0 Å². The molecule has 1 aliphatic rings. The summed E-state index contributed by atoms with van der Waals surface area (Å²) < 4.78 is 6.88. The molecular formula is C25H22N2O4S. The maximum absolute atomic E-state index is 12.8. The van der Waals surface area contributed by atoms with Gasteiger partial charge in [0.2, 0.25) is 0 Å². The van der Waals surface area contributed by atoms with Gasteiger partial charge in [0.1, 0.15) is 0 Å². The van der Waals surface area contributed by atoms with Crippen LogP contribution in [0.1, 0.15) is 28.4 Å². The topological polar surface area (TPSA) is 68.6 Å². The van der Waals surface area contributed by atoms with Gasteiger partial charge < -0.3 is 9.30 Å². The summed E-state index contributed by atoms with van der Waals surface area (Å²) in [5.74, 6) is -0.690. The van der Waals surface area contributed by atoms with E-state index in [-0.39, 0.29) is 23.2 Å². The zero-order valence-corrected chi connectivity index (χ0v) is 18.6. The molecule has 0 radical (unpaired) electrons. The molecule has 4 rings (SSSR count). The van der Waals surface area contributed by atoms with E-state index in [0.717, 1.165) is 33.8 Å². The number of para-hydroxylation sites is 1. The summed E-state index contributed by atoms with van der Waals surface area (Å²) in [5, 5.41) is 0.678. The molecule has 1 aliphatic heterocycles. The number of ether oxygens (including phenoxy) is 1. The lowest BCUT2D eigenvalue weighted by molar-refractivity contribution is -0.123. The molecule has 162 valence electrons. The van der Waals surface area contributed by atoms with Crippen molar-refractivity contribution in [1.82, 2.24) is 9.47 Å². The Hall–Kier alpha value is -3.58. The predicted molar refractivity (Wildman–Crippen MR) is 126 cm³/mol. The summed E-state index contributed by atoms with van der Waals surface area (Å²) in [6.07, 6.45) is 5.30. The first-order valence-electron chi connectivity index (χ1n) is 10.1. The molecule has 1 fully saturated rings. The van der Waals surface area contributed by atoms with Gasteiger partial charge >= 0.3 is 5.97 Å². The smallest absolute Gasteiger partial charge is 0.337 e. The molecule has 2 aromatic carbocycles. The van der Waals surface area contributed by atoms with Crippen LogP contribution in [0.2, 0.25) is 0 Å². The molecule has 0 N–H and O–H groups in total. The number of esters is 1. The van der Waals surface area contributed by atoms with E-state index in [4.69, 9.17) is 4.74 Å². The fraction of sp³-hybridized carbons (Fsp3) is 0.160. The standard InChI is InChI=1S/C25H22N2O4S/c1-4-16(2)27-23(28)22(32-25(27)30)13-19-15-26(21-11-6-5-10-20(19)21)14-17-8-7-9-18(12-17)24(29)31-3/h4-13,15-16H,1,14H2,2-3H3/b22-13-/t16-/m1/s1. The number of carbonyl (C=O) groups excluding carboxylic acids is 3. The van der Waals surface area contributed by atoms with Gasteiger partial charge in [0.05, 0.1) is 23.6 Å². The van der Waals surface area contributed by atoms with Crippen molar-refractivity contribution < 1.29 is 19.1 Å². The van der Waals surface area contributed by atoms with Crippen LogP contribution >= 0.6 is 11.8 Å². The highest BCUT2D eigenvalue weighted by Crippen LogP contribution is 2.35. The van der Waals surface area contributed by atoms with Crippen LogP contribution in [-0.4, -0.2) is 39.7 Å². The average molecular weight is 447 g/mol. The highest BCUT2D eigenvalue weighted by molar-refractivity contribution is 8.18. The molecule has 0 bridgehead atoms. The minimum atomic E-state index is -0.380. The number of rotatable bonds is 6. The molecule has 0 spiro atoms. The molecule has 7 heteroatoms. The van der Waals surface area contributed by atoms with Crippen molar-refractivity contribution in [3.63, 3.8) is 0 Å². The SMILES string of the molecule is C=C[C@@H](C)N1C(=O)S/C(=C\c2cn(Cc3cccc(C(=O)OC)c3)c3ccccc23)C1=O. The fourth-order valence-electron chi connectivity index (χ4n) is 3.71. The minimum Gasteiger partial charge on any atom is -0.465 e. The normalized spacial score (nSPS) is 16.1. The molecule has 0 saturated carbocycles. The van der Waals surface area contributed by atoms with Crippen molar-refractivity contribution in [2.75, 3.05) is 7.11 Å². The van der Waals surface area contributed by atoms with Crippen molar-refractivity contribution in [2.45, 2.75) is 19.5 Å². The largest absolute Gasteiger partial charge is 0.465 e. The zero-order valence-electron chi connectivity index (χ0n) is 17.8. The van der Waals surface area contributed by atoms with Crippen molar-refractivity contribution in [3.05, 3.63) is 89.0 Å². The molecule has 1 saturated heterocycles. The molecule has 2 heterocycles. The Morgan fingerprint density at radius 2 is 1.97 bits per heavy atom. The molecule has 3 aromatic rings. The van der Waals surface area contributed by atoms with Gasteiger partial charge in [-0.25, -0.2) is 4.79 Å². The highest BCUT2D eigenvalue weighted by atomic mass is 32.2. The molecule has 2 amide bonds. The summed E-state index contributed by atoms with van der Waals surface area (Å²) >= 11 is 0.940. The van der Waals surface area contributed by atoms with Gasteiger partial charge in [-0.1, -0.05) is 36.4 Å². The number of nitrogens with zero attached hydrogens (tertiary/aromatic N) is 2. The van der Waals surface area contributed by atoms with E-state index in [1.165, 1.54) is 12.0 Å². The first kappa shape index (κ1) is 21.6. The number of methoxy groups -OCH3 is 1. The Morgan fingerprint density at radius 3 is 2.72 bits per heavy atom. The van der Waals surface area contributed by atoms with Gasteiger partial charge in [0, 0.05) is 29.2 Å². The van der Waals surface area contributed by atoms with E-state index in [1.807, 2.05) is 48.7 Å². The third-order valence-corrected chi connectivity index (χ3v) is 6.26. The van der Waals surface area contributed by atoms with Crippen LogP contribution in [0.5, 0.6) is 0 Å². The maximum atomic E-state index is 12.8. The van der Waals surface area contributed by atoms with Crippen LogP contribution in [-0.2, 0) is 16.1 Å². The van der Waals surface area contributed by atoms with Crippen molar-refractivity contribution in [3.8, 4) is 0 Å². The Morgan fingerprint density at radius 1 is 1.19 bits per heavy atom. The minimum absolute atomic E-state index is 0.294. The Kier molecular flexibility index (Phi) is 6.01. The number of benzene rings is 2. The number of hydrogen-bond acceptors (Lipinski definition) is 5. The second-order valence-corrected chi connectivity index (χ2v) is 8.44. The number of carbonyl (C=O) groups is 3. The highest BCUT2D eigenvalue weighted by Gasteiger charge is 2.37. The van der Waals surface area contributed by atoms with E-state index in [0.29, 0.717) is 17.0 Å². The van der Waals surface area contributed by atoms with Crippen LogP contribution in [0, 0.1) is 0 Å². The lowest BCUT2D eigenvalue weighted by Gasteiger charge is -2.17. The summed E-state index contributed by atoms with van der Waals surface area (Å²) in [5.41, 5.74) is 3.27. The summed E-state index contributed by atoms with van der Waals surface area (Å²) in [6.45, 7) is 5.98. The number of amides is 2. The molecule has 6 nitrogen and oxygen atoms in total. The van der Waals surface area contributed by atoms with Gasteiger partial charge in [0.15, 0.2) is 0 Å². The van der Waals surface area contributed by atoms with Crippen molar-refractivity contribution >= 4 is 45.9 Å². The van der Waals surface area contributed by atoms with Crippen LogP contribution in [0.4, 0.5) is 4.79 Å². The van der Waals surface area contributed by atoms with E-state index < -0.39 is 0 Å². The predicted octanol–water partition coefficient (Wildman–Crippen LogP) is 5.09. The molecule has 1 atom stereocenters. The maximum Gasteiger partial charge on any atom is 0.337 e. The van der Waals surface area contributed by atoms with E-state index in [2.05, 4.69) is 11.1 Å². The van der Waals surface area contributed by atoms with Crippen molar-refractivity contribution in [1.29, 1.82) is 0 Å². The number of hydrogen-bond donors (Lipinski definition) is 0. The lowest BCUT2D eigenvalue weighted by Crippen LogP contribution is -2.35. The van der Waals surface area contributed by atoms with Gasteiger partial charge in [-0.3, -0.25) is 14.5 Å². The van der Waals surface area contributed by atoms with Crippen LogP contribution < -0.4 is 0 Å². The van der Waals surface area contributed by atoms with Gasteiger partial charge in [-0.15, -0.1) is 6.58 Å². The van der Waals surface area contributed by atoms with Crippen molar-refractivity contribution in [2.24, 2.45) is 0 Å². The quantitative estimate of drug-likeness (QED) is 0.300. The first-order chi connectivity index (χ1) is 15.4. The molecule has 32 heavy (non-hydrogen) atoms. The zero-order chi connectivity index (χ0) is 22.8. The Balaban J connectivity index is 1.71. The Bertz CT molecular complexity index is 1270. The molecule has 1 aromatic heterocycles. The number of aromatic nitrogens is 1. The molecular weight excluding hydrogens is 424 g/mol. The first-order valence-corrected chi connectivity index (χ1v) is 10.9. The third kappa shape index (κ3) is 3.99. The summed E-state index contributed by atoms with van der Waals surface area (Å²) in [7, 11) is 1.36. The van der Waals surface area contributed by atoms with Crippen LogP contribution in [0.25, 0.3) is 17.0 Å². The van der Waals surface area contributed by atoms with Crippen LogP contribution in [0.15, 0.2) is 72.3 Å². The van der Waals surface area contributed by atoms with Gasteiger partial charge in [-0.05, 0) is 48.5 Å². The fourth-order valence-corrected chi connectivity index (χ4v) is 4.62. The van der Waals surface area contributed by atoms with Crippen LogP contribution in [0.3, 0.4) is 0 Å². The summed E-state index contributed by atoms with van der Waals surface area (Å²) in [4.78, 5) is 38.6. The summed E-state index contributed by atoms with van der Waals surface area (Å²) in [6, 6.07) is 14.8. The lowest BCUT2D eigenvalue weighted by atomic mass is 10.1. The second-order valence-electron chi connectivity index (χ2n) is 7.45. The van der Waals surface area contributed by atoms with E-state index >= 15 is 0 Å². The number of thioether (sulfide) groups is 1. The molecule has 0 aliphatic carbocycles. The second kappa shape index (κ2) is 8.88. The third-order valence-electron chi connectivity index (χ3n) is 5.38. The molecule has 0 unspecified atom stereocenters.